The Bertz CT molecular complexity index is 1350. The van der Waals surface area contributed by atoms with Crippen molar-refractivity contribution >= 4 is 17.3 Å². The zero-order chi connectivity index (χ0) is 23.9. The third-order valence-corrected chi connectivity index (χ3v) is 6.17. The summed E-state index contributed by atoms with van der Waals surface area (Å²) in [6, 6.07) is 14.5. The van der Waals surface area contributed by atoms with Crippen LogP contribution < -0.4 is 4.90 Å². The van der Waals surface area contributed by atoms with Gasteiger partial charge in [0.05, 0.1) is 28.8 Å². The Morgan fingerprint density at radius 1 is 1.03 bits per heavy atom. The van der Waals surface area contributed by atoms with Gasteiger partial charge in [0.25, 0.3) is 0 Å². The largest absolute Gasteiger partial charge is 0.418 e. The first-order valence-electron chi connectivity index (χ1n) is 10.8. The van der Waals surface area contributed by atoms with Crippen LogP contribution in [0.5, 0.6) is 0 Å². The molecule has 2 aromatic heterocycles. The van der Waals surface area contributed by atoms with Crippen LogP contribution in [0.4, 0.5) is 18.9 Å². The van der Waals surface area contributed by atoms with Crippen LogP contribution in [-0.2, 0) is 11.0 Å². The SMILES string of the molecule is N#CC1=C(n2cccc2)N(c2ccccc2C(F)(F)F)C2=C(C(=O)CCC2)[C@H]1c1cccnc1. The highest BCUT2D eigenvalue weighted by molar-refractivity contribution is 6.03. The van der Waals surface area contributed by atoms with Gasteiger partial charge >= 0.3 is 6.18 Å². The van der Waals surface area contributed by atoms with Gasteiger partial charge in [0.15, 0.2) is 5.78 Å². The number of Topliss-reactive ketones (excluding diaryl/α,β-unsaturated/α-hetero) is 1. The molecule has 3 heterocycles. The molecule has 34 heavy (non-hydrogen) atoms. The zero-order valence-corrected chi connectivity index (χ0v) is 18.0. The predicted molar refractivity (Wildman–Crippen MR) is 120 cm³/mol. The molecule has 5 nitrogen and oxygen atoms in total. The van der Waals surface area contributed by atoms with Gasteiger partial charge in [0.1, 0.15) is 5.82 Å². The lowest BCUT2D eigenvalue weighted by Crippen LogP contribution is -2.37. The molecule has 170 valence electrons. The number of para-hydroxylation sites is 1. The summed E-state index contributed by atoms with van der Waals surface area (Å²) in [5, 5.41) is 10.3. The fraction of sp³-hybridized carbons (Fsp3) is 0.192. The number of hydrogen-bond acceptors (Lipinski definition) is 4. The fourth-order valence-electron chi connectivity index (χ4n) is 4.82. The highest BCUT2D eigenvalue weighted by Crippen LogP contribution is 2.50. The molecule has 8 heteroatoms. The molecule has 3 aromatic rings. The topological polar surface area (TPSA) is 61.9 Å². The number of allylic oxidation sites excluding steroid dienone is 3. The Morgan fingerprint density at radius 2 is 1.79 bits per heavy atom. The standard InChI is InChI=1S/C26H19F3N4O/c27-26(28,29)19-8-1-2-9-20(19)33-21-10-5-11-22(34)24(21)23(17-7-6-12-31-16-17)18(15-30)25(33)32-13-3-4-14-32/h1-4,6-9,12-14,16,23H,5,10-11H2/t23-/m0/s1. The van der Waals surface area contributed by atoms with E-state index in [2.05, 4.69) is 11.1 Å². The summed E-state index contributed by atoms with van der Waals surface area (Å²) in [7, 11) is 0. The summed E-state index contributed by atoms with van der Waals surface area (Å²) in [5.74, 6) is -0.594. The maximum atomic E-state index is 14.1. The van der Waals surface area contributed by atoms with Crippen LogP contribution in [-0.4, -0.2) is 15.3 Å². The molecule has 0 spiro atoms. The van der Waals surface area contributed by atoms with E-state index in [1.54, 1.807) is 53.6 Å². The molecular weight excluding hydrogens is 441 g/mol. The third-order valence-electron chi connectivity index (χ3n) is 6.17. The van der Waals surface area contributed by atoms with Gasteiger partial charge in [-0.2, -0.15) is 18.4 Å². The number of rotatable bonds is 3. The van der Waals surface area contributed by atoms with Crippen LogP contribution in [0, 0.1) is 11.3 Å². The maximum absolute atomic E-state index is 14.1. The molecule has 5 rings (SSSR count). The first kappa shape index (κ1) is 21.7. The minimum absolute atomic E-state index is 0.113. The summed E-state index contributed by atoms with van der Waals surface area (Å²) < 4.78 is 43.9. The fourth-order valence-corrected chi connectivity index (χ4v) is 4.82. The number of nitrogens with zero attached hydrogens (tertiary/aromatic N) is 4. The lowest BCUT2D eigenvalue weighted by atomic mass is 9.75. The molecule has 1 aliphatic carbocycles. The number of halogens is 3. The zero-order valence-electron chi connectivity index (χ0n) is 18.0. The van der Waals surface area contributed by atoms with Gasteiger partial charge in [0, 0.05) is 42.5 Å². The third kappa shape index (κ3) is 3.50. The molecule has 0 unspecified atom stereocenters. The molecule has 1 atom stereocenters. The second kappa shape index (κ2) is 8.34. The van der Waals surface area contributed by atoms with Crippen molar-refractivity contribution in [3.63, 3.8) is 0 Å². The van der Waals surface area contributed by atoms with Gasteiger partial charge in [-0.3, -0.25) is 14.7 Å². The van der Waals surface area contributed by atoms with Crippen molar-refractivity contribution in [2.24, 2.45) is 0 Å². The van der Waals surface area contributed by atoms with E-state index in [1.165, 1.54) is 23.1 Å². The molecule has 0 saturated heterocycles. The number of aromatic nitrogens is 2. The van der Waals surface area contributed by atoms with E-state index in [0.29, 0.717) is 29.7 Å². The minimum Gasteiger partial charge on any atom is -0.309 e. The Morgan fingerprint density at radius 3 is 2.47 bits per heavy atom. The highest BCUT2D eigenvalue weighted by Gasteiger charge is 2.44. The van der Waals surface area contributed by atoms with Crippen molar-refractivity contribution in [3.8, 4) is 6.07 Å². The number of carbonyl (C=O) groups excluding carboxylic acids is 1. The van der Waals surface area contributed by atoms with Gasteiger partial charge in [-0.25, -0.2) is 0 Å². The summed E-state index contributed by atoms with van der Waals surface area (Å²) in [6.07, 6.45) is 3.15. The van der Waals surface area contributed by atoms with Crippen molar-refractivity contribution in [3.05, 3.63) is 101 Å². The van der Waals surface area contributed by atoms with E-state index in [9.17, 15) is 23.2 Å². The van der Waals surface area contributed by atoms with Crippen LogP contribution in [0.1, 0.15) is 36.3 Å². The second-order valence-electron chi connectivity index (χ2n) is 8.15. The Labute approximate surface area is 194 Å². The minimum atomic E-state index is -4.62. The first-order valence-corrected chi connectivity index (χ1v) is 10.8. The van der Waals surface area contributed by atoms with E-state index >= 15 is 0 Å². The summed E-state index contributed by atoms with van der Waals surface area (Å²) in [5.41, 5.74) is 0.749. The number of hydrogen-bond donors (Lipinski definition) is 0. The number of alkyl halides is 3. The van der Waals surface area contributed by atoms with Gasteiger partial charge in [-0.15, -0.1) is 0 Å². The average Bonchev–Trinajstić information content (AvgIpc) is 3.37. The first-order chi connectivity index (χ1) is 16.4. The number of carbonyl (C=O) groups is 1. The molecule has 0 radical (unpaired) electrons. The van der Waals surface area contributed by atoms with Gasteiger partial charge < -0.3 is 4.57 Å². The monoisotopic (exact) mass is 460 g/mol. The summed E-state index contributed by atoms with van der Waals surface area (Å²) in [6.45, 7) is 0. The summed E-state index contributed by atoms with van der Waals surface area (Å²) in [4.78, 5) is 18.9. The number of ketones is 1. The predicted octanol–water partition coefficient (Wildman–Crippen LogP) is 5.91. The summed E-state index contributed by atoms with van der Waals surface area (Å²) >= 11 is 0. The van der Waals surface area contributed by atoms with Crippen LogP contribution in [0.3, 0.4) is 0 Å². The van der Waals surface area contributed by atoms with E-state index in [0.717, 1.165) is 6.07 Å². The number of nitriles is 1. The molecule has 0 bridgehead atoms. The Balaban J connectivity index is 1.88. The molecule has 2 aliphatic rings. The quantitative estimate of drug-likeness (QED) is 0.488. The normalized spacial score (nSPS) is 18.7. The van der Waals surface area contributed by atoms with E-state index in [1.807, 2.05) is 0 Å². The van der Waals surface area contributed by atoms with Crippen LogP contribution in [0.25, 0.3) is 5.82 Å². The van der Waals surface area contributed by atoms with Gasteiger partial charge in [0.2, 0.25) is 0 Å². The molecule has 0 saturated carbocycles. The lowest BCUT2D eigenvalue weighted by molar-refractivity contribution is -0.137. The van der Waals surface area contributed by atoms with Crippen molar-refractivity contribution in [2.75, 3.05) is 4.90 Å². The molecule has 1 aliphatic heterocycles. The maximum Gasteiger partial charge on any atom is 0.418 e. The average molecular weight is 460 g/mol. The Hall–Kier alpha value is -4.12. The van der Waals surface area contributed by atoms with E-state index in [4.69, 9.17) is 0 Å². The molecule has 0 amide bonds. The van der Waals surface area contributed by atoms with Crippen LogP contribution in [0.15, 0.2) is 90.2 Å². The van der Waals surface area contributed by atoms with Crippen molar-refractivity contribution in [1.82, 2.24) is 9.55 Å². The molecular formula is C26H19F3N4O. The van der Waals surface area contributed by atoms with E-state index < -0.39 is 17.7 Å². The molecule has 0 N–H and O–H groups in total. The van der Waals surface area contributed by atoms with E-state index in [-0.39, 0.29) is 29.3 Å². The van der Waals surface area contributed by atoms with Crippen molar-refractivity contribution in [2.45, 2.75) is 31.4 Å². The number of benzene rings is 1. The molecule has 1 aromatic carbocycles. The van der Waals surface area contributed by atoms with Crippen LogP contribution >= 0.6 is 0 Å². The van der Waals surface area contributed by atoms with Crippen molar-refractivity contribution < 1.29 is 18.0 Å². The Kier molecular flexibility index (Phi) is 5.33. The lowest BCUT2D eigenvalue weighted by Gasteiger charge is -2.41. The van der Waals surface area contributed by atoms with Crippen molar-refractivity contribution in [1.29, 1.82) is 5.26 Å². The van der Waals surface area contributed by atoms with Gasteiger partial charge in [-0.1, -0.05) is 18.2 Å². The van der Waals surface area contributed by atoms with Crippen LogP contribution in [0.2, 0.25) is 0 Å². The number of pyridine rings is 1. The number of anilines is 1. The highest BCUT2D eigenvalue weighted by atomic mass is 19.4. The second-order valence-corrected chi connectivity index (χ2v) is 8.15. The smallest absolute Gasteiger partial charge is 0.309 e. The van der Waals surface area contributed by atoms with Gasteiger partial charge in [-0.05, 0) is 48.7 Å². The molecule has 0 fully saturated rings.